The molecule has 1 aliphatic carbocycles. The molecule has 6 nitrogen and oxygen atoms in total. The van der Waals surface area contributed by atoms with E-state index in [0.29, 0.717) is 18.5 Å². The number of anilines is 1. The van der Waals surface area contributed by atoms with E-state index in [1.165, 1.54) is 25.7 Å². The molecule has 152 valence electrons. The van der Waals surface area contributed by atoms with E-state index in [1.54, 1.807) is 0 Å². The maximum atomic E-state index is 11.6. The van der Waals surface area contributed by atoms with Crippen molar-refractivity contribution >= 4 is 34.5 Å². The number of ether oxygens (including phenoxy) is 1. The molecule has 7 heteroatoms. The Morgan fingerprint density at radius 1 is 1.26 bits per heavy atom. The lowest BCUT2D eigenvalue weighted by Gasteiger charge is -2.32. The van der Waals surface area contributed by atoms with E-state index >= 15 is 0 Å². The Kier molecular flexibility index (Phi) is 8.60. The van der Waals surface area contributed by atoms with Crippen LogP contribution in [0.1, 0.15) is 46.5 Å². The lowest BCUT2D eigenvalue weighted by Crippen LogP contribution is -2.41. The first kappa shape index (κ1) is 22.2. The van der Waals surface area contributed by atoms with Crippen LogP contribution in [0.15, 0.2) is 18.3 Å². The largest absolute Gasteiger partial charge is 0.444 e. The highest BCUT2D eigenvalue weighted by atomic mass is 127. The van der Waals surface area contributed by atoms with E-state index in [-0.39, 0.29) is 6.09 Å². The highest BCUT2D eigenvalue weighted by Gasteiger charge is 2.22. The summed E-state index contributed by atoms with van der Waals surface area (Å²) in [5, 5.41) is 6.35. The minimum atomic E-state index is -0.448. The molecule has 2 rings (SSSR count). The van der Waals surface area contributed by atoms with Crippen molar-refractivity contribution in [2.45, 2.75) is 58.1 Å². The highest BCUT2D eigenvalue weighted by Crippen LogP contribution is 2.26. The van der Waals surface area contributed by atoms with Gasteiger partial charge < -0.3 is 20.3 Å². The average Bonchev–Trinajstić information content (AvgIpc) is 2.59. The Morgan fingerprint density at radius 2 is 1.96 bits per heavy atom. The molecule has 1 aromatic heterocycles. The summed E-state index contributed by atoms with van der Waals surface area (Å²) < 4.78 is 6.40. The number of aromatic nitrogens is 1. The topological polar surface area (TPSA) is 66.5 Å². The van der Waals surface area contributed by atoms with Crippen LogP contribution < -0.4 is 15.5 Å². The number of alkyl carbamates (subject to hydrolysis) is 1. The van der Waals surface area contributed by atoms with Gasteiger partial charge in [-0.3, -0.25) is 0 Å². The fourth-order valence-corrected chi connectivity index (χ4v) is 3.70. The molecule has 2 N–H and O–H groups in total. The number of halogens is 1. The van der Waals surface area contributed by atoms with Crippen LogP contribution in [0.4, 0.5) is 10.6 Å². The van der Waals surface area contributed by atoms with Crippen LogP contribution in [-0.4, -0.2) is 49.4 Å². The summed E-state index contributed by atoms with van der Waals surface area (Å²) in [4.78, 5) is 18.4. The van der Waals surface area contributed by atoms with Crippen molar-refractivity contribution in [1.29, 1.82) is 0 Å². The van der Waals surface area contributed by atoms with Gasteiger partial charge >= 0.3 is 6.09 Å². The molecule has 0 saturated heterocycles. The third kappa shape index (κ3) is 8.64. The molecule has 1 aliphatic rings. The minimum absolute atomic E-state index is 0.347. The number of nitrogens with one attached hydrogen (secondary N) is 2. The summed E-state index contributed by atoms with van der Waals surface area (Å²) in [6.07, 6.45) is 6.40. The zero-order valence-corrected chi connectivity index (χ0v) is 19.1. The van der Waals surface area contributed by atoms with Gasteiger partial charge in [-0.15, -0.1) is 0 Å². The number of rotatable bonds is 7. The number of carbonyl (C=O) groups is 1. The van der Waals surface area contributed by atoms with Gasteiger partial charge in [0, 0.05) is 42.5 Å². The molecule has 27 heavy (non-hydrogen) atoms. The smallest absolute Gasteiger partial charge is 0.407 e. The second-order valence-electron chi connectivity index (χ2n) is 8.32. The molecule has 0 aliphatic heterocycles. The van der Waals surface area contributed by atoms with Gasteiger partial charge in [-0.05, 0) is 87.1 Å². The molecular formula is C20H33IN4O2. The van der Waals surface area contributed by atoms with Crippen LogP contribution >= 0.6 is 22.6 Å². The standard InChI is InChI=1S/C20H33IN4O2/c1-20(2,3)27-19(26)23-12-11-22-17-8-5-15(6-9-17)14-25(4)18-10-7-16(21)13-24-18/h7,10,13,15,17,22H,5-6,8-9,11-12,14H2,1-4H3,(H,23,26). The third-order valence-electron chi connectivity index (χ3n) is 4.71. The first-order valence-corrected chi connectivity index (χ1v) is 10.8. The van der Waals surface area contributed by atoms with Gasteiger partial charge in [0.25, 0.3) is 0 Å². The SMILES string of the molecule is CN(CC1CCC(NCCNC(=O)OC(C)(C)C)CC1)c1ccc(I)cn1. The average molecular weight is 488 g/mol. The summed E-state index contributed by atoms with van der Waals surface area (Å²) in [5.74, 6) is 1.76. The number of hydrogen-bond donors (Lipinski definition) is 2. The van der Waals surface area contributed by atoms with Crippen molar-refractivity contribution in [2.24, 2.45) is 5.92 Å². The zero-order valence-electron chi connectivity index (χ0n) is 16.9. The summed E-state index contributed by atoms with van der Waals surface area (Å²) in [6, 6.07) is 4.74. The van der Waals surface area contributed by atoms with Crippen LogP contribution in [0.5, 0.6) is 0 Å². The Balaban J connectivity index is 1.60. The summed E-state index contributed by atoms with van der Waals surface area (Å²) >= 11 is 2.28. The van der Waals surface area contributed by atoms with Crippen molar-refractivity contribution < 1.29 is 9.53 Å². The molecule has 0 radical (unpaired) electrons. The maximum absolute atomic E-state index is 11.6. The van der Waals surface area contributed by atoms with Crippen molar-refractivity contribution in [3.05, 3.63) is 21.9 Å². The van der Waals surface area contributed by atoms with Crippen LogP contribution in [0.25, 0.3) is 0 Å². The van der Waals surface area contributed by atoms with Gasteiger partial charge in [-0.1, -0.05) is 0 Å². The second-order valence-corrected chi connectivity index (χ2v) is 9.56. The van der Waals surface area contributed by atoms with E-state index in [0.717, 1.165) is 22.5 Å². The van der Waals surface area contributed by atoms with Crippen molar-refractivity contribution in [1.82, 2.24) is 15.6 Å². The predicted molar refractivity (Wildman–Crippen MR) is 118 cm³/mol. The van der Waals surface area contributed by atoms with Gasteiger partial charge in [0.15, 0.2) is 0 Å². The van der Waals surface area contributed by atoms with Crippen molar-refractivity contribution in [3.63, 3.8) is 0 Å². The lowest BCUT2D eigenvalue weighted by molar-refractivity contribution is 0.0527. The third-order valence-corrected chi connectivity index (χ3v) is 5.35. The van der Waals surface area contributed by atoms with Gasteiger partial charge in [-0.2, -0.15) is 0 Å². The van der Waals surface area contributed by atoms with E-state index in [1.807, 2.05) is 27.0 Å². The van der Waals surface area contributed by atoms with E-state index < -0.39 is 5.60 Å². The minimum Gasteiger partial charge on any atom is -0.444 e. The molecule has 1 aromatic rings. The summed E-state index contributed by atoms with van der Waals surface area (Å²) in [5.41, 5.74) is -0.448. The predicted octanol–water partition coefficient (Wildman–Crippen LogP) is 3.80. The molecule has 1 saturated carbocycles. The van der Waals surface area contributed by atoms with Gasteiger partial charge in [0.1, 0.15) is 11.4 Å². The van der Waals surface area contributed by atoms with Crippen LogP contribution in [0.2, 0.25) is 0 Å². The lowest BCUT2D eigenvalue weighted by atomic mass is 9.85. The van der Waals surface area contributed by atoms with Gasteiger partial charge in [0.05, 0.1) is 0 Å². The normalized spacial score (nSPS) is 20.2. The zero-order chi connectivity index (χ0) is 19.9. The summed E-state index contributed by atoms with van der Waals surface area (Å²) in [7, 11) is 2.13. The molecule has 0 atom stereocenters. The molecule has 0 aromatic carbocycles. The molecule has 0 spiro atoms. The number of nitrogens with zero attached hydrogens (tertiary/aromatic N) is 2. The molecule has 1 heterocycles. The fourth-order valence-electron chi connectivity index (χ4n) is 3.38. The molecule has 1 amide bonds. The Hall–Kier alpha value is -1.09. The monoisotopic (exact) mass is 488 g/mol. The first-order chi connectivity index (χ1) is 12.7. The first-order valence-electron chi connectivity index (χ1n) is 9.76. The Morgan fingerprint density at radius 3 is 2.56 bits per heavy atom. The van der Waals surface area contributed by atoms with E-state index in [9.17, 15) is 4.79 Å². The van der Waals surface area contributed by atoms with Gasteiger partial charge in [-0.25, -0.2) is 9.78 Å². The molecular weight excluding hydrogens is 455 g/mol. The Labute approximate surface area is 177 Å². The van der Waals surface area contributed by atoms with Crippen molar-refractivity contribution in [2.75, 3.05) is 31.6 Å². The molecule has 1 fully saturated rings. The maximum Gasteiger partial charge on any atom is 0.407 e. The molecule has 0 bridgehead atoms. The quantitative estimate of drug-likeness (QED) is 0.452. The van der Waals surface area contributed by atoms with Gasteiger partial charge in [0.2, 0.25) is 0 Å². The summed E-state index contributed by atoms with van der Waals surface area (Å²) in [6.45, 7) is 8.04. The fraction of sp³-hybridized carbons (Fsp3) is 0.700. The number of amides is 1. The van der Waals surface area contributed by atoms with E-state index in [2.05, 4.69) is 62.3 Å². The number of hydrogen-bond acceptors (Lipinski definition) is 5. The van der Waals surface area contributed by atoms with Crippen molar-refractivity contribution in [3.8, 4) is 0 Å². The number of pyridine rings is 1. The van der Waals surface area contributed by atoms with Crippen LogP contribution in [0, 0.1) is 9.49 Å². The second kappa shape index (κ2) is 10.5. The highest BCUT2D eigenvalue weighted by molar-refractivity contribution is 14.1. The van der Waals surface area contributed by atoms with Crippen LogP contribution in [-0.2, 0) is 4.74 Å². The molecule has 0 unspecified atom stereocenters. The Bertz CT molecular complexity index is 581. The van der Waals surface area contributed by atoms with E-state index in [4.69, 9.17) is 4.74 Å². The van der Waals surface area contributed by atoms with Crippen LogP contribution in [0.3, 0.4) is 0 Å². The number of carbonyl (C=O) groups excluding carboxylic acids is 1.